The standard InChI is InChI=1S/C13H16N2O4/c1-2-8-3-5-9(6-4-8)12(17)15-10(13(18)19)7-11(14)16/h3-6,10H,2,7H2,1H3,(H2,14,16)(H,15,17)(H,18,19). The fourth-order valence-electron chi connectivity index (χ4n) is 1.53. The molecule has 0 saturated carbocycles. The maximum absolute atomic E-state index is 11.8. The quantitative estimate of drug-likeness (QED) is 0.686. The Hall–Kier alpha value is -2.37. The van der Waals surface area contributed by atoms with Gasteiger partial charge in [-0.25, -0.2) is 4.79 Å². The lowest BCUT2D eigenvalue weighted by molar-refractivity contribution is -0.140. The van der Waals surface area contributed by atoms with E-state index >= 15 is 0 Å². The molecule has 4 N–H and O–H groups in total. The van der Waals surface area contributed by atoms with Crippen molar-refractivity contribution in [3.63, 3.8) is 0 Å². The second-order valence-corrected chi connectivity index (χ2v) is 4.09. The number of nitrogens with two attached hydrogens (primary N) is 1. The second-order valence-electron chi connectivity index (χ2n) is 4.09. The van der Waals surface area contributed by atoms with Crippen LogP contribution in [0.4, 0.5) is 0 Å². The number of carboxylic acid groups (broad SMARTS) is 1. The minimum absolute atomic E-state index is 0.341. The molecule has 0 aromatic heterocycles. The molecule has 1 rings (SSSR count). The lowest BCUT2D eigenvalue weighted by Gasteiger charge is -2.12. The zero-order valence-corrected chi connectivity index (χ0v) is 10.6. The van der Waals surface area contributed by atoms with Crippen LogP contribution in [0.15, 0.2) is 24.3 Å². The molecule has 1 atom stereocenters. The highest BCUT2D eigenvalue weighted by atomic mass is 16.4. The Labute approximate surface area is 110 Å². The van der Waals surface area contributed by atoms with E-state index in [0.717, 1.165) is 12.0 Å². The summed E-state index contributed by atoms with van der Waals surface area (Å²) in [6, 6.07) is 5.49. The summed E-state index contributed by atoms with van der Waals surface area (Å²) in [4.78, 5) is 33.4. The highest BCUT2D eigenvalue weighted by molar-refractivity contribution is 5.97. The van der Waals surface area contributed by atoms with Gasteiger partial charge in [-0.2, -0.15) is 0 Å². The van der Waals surface area contributed by atoms with Crippen molar-refractivity contribution in [2.45, 2.75) is 25.8 Å². The van der Waals surface area contributed by atoms with Gasteiger partial charge in [0.05, 0.1) is 6.42 Å². The number of amides is 2. The summed E-state index contributed by atoms with van der Waals surface area (Å²) in [6.45, 7) is 1.99. The van der Waals surface area contributed by atoms with E-state index in [-0.39, 0.29) is 0 Å². The van der Waals surface area contributed by atoms with Gasteiger partial charge in [-0.05, 0) is 24.1 Å². The van der Waals surface area contributed by atoms with Gasteiger partial charge >= 0.3 is 5.97 Å². The molecular weight excluding hydrogens is 248 g/mol. The third kappa shape index (κ3) is 4.42. The van der Waals surface area contributed by atoms with Crippen LogP contribution in [-0.4, -0.2) is 28.9 Å². The number of carboxylic acids is 1. The molecule has 0 radical (unpaired) electrons. The number of nitrogens with one attached hydrogen (secondary N) is 1. The van der Waals surface area contributed by atoms with Gasteiger partial charge < -0.3 is 16.2 Å². The lowest BCUT2D eigenvalue weighted by Crippen LogP contribution is -2.43. The van der Waals surface area contributed by atoms with Gasteiger partial charge in [0.1, 0.15) is 6.04 Å². The van der Waals surface area contributed by atoms with Crippen LogP contribution in [0.1, 0.15) is 29.3 Å². The van der Waals surface area contributed by atoms with Crippen molar-refractivity contribution in [3.8, 4) is 0 Å². The average molecular weight is 264 g/mol. The number of carbonyl (C=O) groups excluding carboxylic acids is 2. The Morgan fingerprint density at radius 2 is 1.84 bits per heavy atom. The van der Waals surface area contributed by atoms with Gasteiger partial charge in [-0.15, -0.1) is 0 Å². The summed E-state index contributed by atoms with van der Waals surface area (Å²) < 4.78 is 0. The van der Waals surface area contributed by atoms with Crippen LogP contribution in [0.3, 0.4) is 0 Å². The van der Waals surface area contributed by atoms with Crippen LogP contribution in [0.5, 0.6) is 0 Å². The highest BCUT2D eigenvalue weighted by Crippen LogP contribution is 2.06. The minimum atomic E-state index is -1.31. The number of hydrogen-bond acceptors (Lipinski definition) is 3. The monoisotopic (exact) mass is 264 g/mol. The number of hydrogen-bond donors (Lipinski definition) is 3. The molecule has 0 heterocycles. The highest BCUT2D eigenvalue weighted by Gasteiger charge is 2.22. The van der Waals surface area contributed by atoms with Crippen LogP contribution >= 0.6 is 0 Å². The van der Waals surface area contributed by atoms with Crippen molar-refractivity contribution in [1.29, 1.82) is 0 Å². The first-order valence-corrected chi connectivity index (χ1v) is 5.85. The zero-order chi connectivity index (χ0) is 14.4. The van der Waals surface area contributed by atoms with Crippen molar-refractivity contribution < 1.29 is 19.5 Å². The number of aryl methyl sites for hydroxylation is 1. The largest absolute Gasteiger partial charge is 0.480 e. The summed E-state index contributed by atoms with van der Waals surface area (Å²) in [5.74, 6) is -2.62. The number of aliphatic carboxylic acids is 1. The lowest BCUT2D eigenvalue weighted by atomic mass is 10.1. The van der Waals surface area contributed by atoms with Gasteiger partial charge in [0, 0.05) is 5.56 Å². The van der Waals surface area contributed by atoms with Crippen LogP contribution in [0.25, 0.3) is 0 Å². The molecule has 6 heteroatoms. The number of primary amides is 1. The van der Waals surface area contributed by atoms with Gasteiger partial charge in [0.15, 0.2) is 0 Å². The topological polar surface area (TPSA) is 109 Å². The number of rotatable bonds is 6. The Bertz CT molecular complexity index is 482. The summed E-state index contributed by atoms with van der Waals surface area (Å²) in [6.07, 6.45) is 0.412. The van der Waals surface area contributed by atoms with Crippen LogP contribution in [0, 0.1) is 0 Å². The Kier molecular flexibility index (Phi) is 5.05. The minimum Gasteiger partial charge on any atom is -0.480 e. The van der Waals surface area contributed by atoms with Crippen molar-refractivity contribution in [1.82, 2.24) is 5.32 Å². The third-order valence-corrected chi connectivity index (χ3v) is 2.63. The average Bonchev–Trinajstić information content (AvgIpc) is 2.37. The Balaban J connectivity index is 2.75. The molecular formula is C13H16N2O4. The maximum Gasteiger partial charge on any atom is 0.326 e. The van der Waals surface area contributed by atoms with E-state index < -0.39 is 30.2 Å². The van der Waals surface area contributed by atoms with E-state index in [1.54, 1.807) is 24.3 Å². The van der Waals surface area contributed by atoms with Crippen molar-refractivity contribution in [3.05, 3.63) is 35.4 Å². The Morgan fingerprint density at radius 1 is 1.26 bits per heavy atom. The summed E-state index contributed by atoms with van der Waals surface area (Å²) in [5.41, 5.74) is 6.34. The first-order valence-electron chi connectivity index (χ1n) is 5.85. The van der Waals surface area contributed by atoms with Crippen molar-refractivity contribution in [2.75, 3.05) is 0 Å². The SMILES string of the molecule is CCc1ccc(C(=O)NC(CC(N)=O)C(=O)O)cc1. The van der Waals surface area contributed by atoms with Crippen LogP contribution < -0.4 is 11.1 Å². The van der Waals surface area contributed by atoms with Crippen LogP contribution in [0.2, 0.25) is 0 Å². The third-order valence-electron chi connectivity index (χ3n) is 2.63. The fraction of sp³-hybridized carbons (Fsp3) is 0.308. The molecule has 0 aliphatic carbocycles. The smallest absolute Gasteiger partial charge is 0.326 e. The molecule has 0 aliphatic heterocycles. The second kappa shape index (κ2) is 6.53. The zero-order valence-electron chi connectivity index (χ0n) is 10.6. The predicted octanol–water partition coefficient (Wildman–Crippen LogP) is 0.307. The molecule has 6 nitrogen and oxygen atoms in total. The van der Waals surface area contributed by atoms with Gasteiger partial charge in [-0.3, -0.25) is 9.59 Å². The molecule has 0 aliphatic rings. The van der Waals surface area contributed by atoms with Crippen LogP contribution in [-0.2, 0) is 16.0 Å². The Morgan fingerprint density at radius 3 is 2.26 bits per heavy atom. The molecule has 102 valence electrons. The predicted molar refractivity (Wildman–Crippen MR) is 68.5 cm³/mol. The van der Waals surface area contributed by atoms with E-state index in [4.69, 9.17) is 10.8 Å². The molecule has 1 unspecified atom stereocenters. The molecule has 0 fully saturated rings. The van der Waals surface area contributed by atoms with E-state index in [9.17, 15) is 14.4 Å². The van der Waals surface area contributed by atoms with E-state index in [2.05, 4.69) is 5.32 Å². The fourth-order valence-corrected chi connectivity index (χ4v) is 1.53. The maximum atomic E-state index is 11.8. The van der Waals surface area contributed by atoms with Gasteiger partial charge in [0.25, 0.3) is 5.91 Å². The normalized spacial score (nSPS) is 11.6. The molecule has 0 bridgehead atoms. The summed E-state index contributed by atoms with van der Waals surface area (Å²) >= 11 is 0. The summed E-state index contributed by atoms with van der Waals surface area (Å²) in [7, 11) is 0. The number of carbonyl (C=O) groups is 3. The van der Waals surface area contributed by atoms with E-state index in [1.807, 2.05) is 6.92 Å². The van der Waals surface area contributed by atoms with Gasteiger partial charge in [0.2, 0.25) is 5.91 Å². The molecule has 0 saturated heterocycles. The molecule has 1 aromatic carbocycles. The van der Waals surface area contributed by atoms with Gasteiger partial charge in [-0.1, -0.05) is 19.1 Å². The molecule has 1 aromatic rings. The molecule has 0 spiro atoms. The van der Waals surface area contributed by atoms with E-state index in [0.29, 0.717) is 5.56 Å². The molecule has 2 amide bonds. The summed E-state index contributed by atoms with van der Waals surface area (Å²) in [5, 5.41) is 11.1. The van der Waals surface area contributed by atoms with Crippen molar-refractivity contribution in [2.24, 2.45) is 5.73 Å². The number of benzene rings is 1. The first-order chi connectivity index (χ1) is 8.93. The van der Waals surface area contributed by atoms with E-state index in [1.165, 1.54) is 0 Å². The van der Waals surface area contributed by atoms with Crippen molar-refractivity contribution >= 4 is 17.8 Å². The molecule has 19 heavy (non-hydrogen) atoms. The first kappa shape index (κ1) is 14.7.